The number of nitrogens with zero attached hydrogens (tertiary/aromatic N) is 2. The molecule has 0 aliphatic carbocycles. The second-order valence-electron chi connectivity index (χ2n) is 5.21. The molecule has 0 fully saturated rings. The van der Waals surface area contributed by atoms with Gasteiger partial charge < -0.3 is 10.6 Å². The average molecular weight is 305 g/mol. The number of hydrogen-bond donors (Lipinski definition) is 1. The van der Waals surface area contributed by atoms with Crippen molar-refractivity contribution in [2.45, 2.75) is 12.3 Å². The fraction of sp³-hybridized carbons (Fsp3) is 0.188. The molecule has 2 aromatic rings. The predicted molar refractivity (Wildman–Crippen MR) is 78.0 cm³/mol. The minimum atomic E-state index is -4.37. The third-order valence-corrected chi connectivity index (χ3v) is 3.59. The Morgan fingerprint density at radius 3 is 2.59 bits per heavy atom. The highest BCUT2D eigenvalue weighted by atomic mass is 19.4. The van der Waals surface area contributed by atoms with Crippen LogP contribution in [0.4, 0.5) is 18.9 Å². The van der Waals surface area contributed by atoms with E-state index in [9.17, 15) is 13.2 Å². The first kappa shape index (κ1) is 14.4. The molecule has 0 saturated heterocycles. The zero-order chi connectivity index (χ0) is 15.9. The number of rotatable bonds is 1. The molecule has 0 bridgehead atoms. The molecular weight excluding hydrogens is 291 g/mol. The number of nitrogens with two attached hydrogens (primary N) is 1. The van der Waals surface area contributed by atoms with Crippen LogP contribution in [0.25, 0.3) is 6.20 Å². The fourth-order valence-corrected chi connectivity index (χ4v) is 2.52. The lowest BCUT2D eigenvalue weighted by Crippen LogP contribution is -2.37. The van der Waals surface area contributed by atoms with Crippen LogP contribution in [0.15, 0.2) is 47.5 Å². The number of halogens is 3. The van der Waals surface area contributed by atoms with Crippen molar-refractivity contribution in [2.24, 2.45) is 4.99 Å². The minimum Gasteiger partial charge on any atom is -0.397 e. The highest BCUT2D eigenvalue weighted by Crippen LogP contribution is 2.32. The first-order valence-electron chi connectivity index (χ1n) is 6.69. The Balaban J connectivity index is 2.12. The summed E-state index contributed by atoms with van der Waals surface area (Å²) in [6.07, 6.45) is -3.06. The maximum absolute atomic E-state index is 12.9. The van der Waals surface area contributed by atoms with Crippen LogP contribution in [0, 0.1) is 0 Å². The molecular formula is C16H14F3N3. The van der Waals surface area contributed by atoms with Crippen LogP contribution >= 0.6 is 0 Å². The highest BCUT2D eigenvalue weighted by Gasteiger charge is 2.31. The summed E-state index contributed by atoms with van der Waals surface area (Å²) in [4.78, 5) is 6.30. The molecule has 3 nitrogen and oxygen atoms in total. The van der Waals surface area contributed by atoms with Gasteiger partial charge in [0.25, 0.3) is 0 Å². The molecule has 0 amide bonds. The van der Waals surface area contributed by atoms with Gasteiger partial charge in [-0.2, -0.15) is 13.2 Å². The summed E-state index contributed by atoms with van der Waals surface area (Å²) in [5.41, 5.74) is 6.22. The Hall–Kier alpha value is -2.50. The summed E-state index contributed by atoms with van der Waals surface area (Å²) in [6.45, 7) is 0. The van der Waals surface area contributed by atoms with E-state index >= 15 is 0 Å². The largest absolute Gasteiger partial charge is 0.416 e. The minimum absolute atomic E-state index is 0.475. The van der Waals surface area contributed by atoms with Crippen molar-refractivity contribution < 1.29 is 13.2 Å². The normalized spacial score (nSPS) is 17.5. The molecule has 2 N–H and O–H groups in total. The highest BCUT2D eigenvalue weighted by molar-refractivity contribution is 5.42. The van der Waals surface area contributed by atoms with Crippen LogP contribution in [0.2, 0.25) is 0 Å². The van der Waals surface area contributed by atoms with E-state index in [4.69, 9.17) is 5.73 Å². The summed E-state index contributed by atoms with van der Waals surface area (Å²) in [6, 6.07) is 10.6. The lowest BCUT2D eigenvalue weighted by atomic mass is 10.1. The van der Waals surface area contributed by atoms with Crippen molar-refractivity contribution in [3.05, 3.63) is 64.2 Å². The van der Waals surface area contributed by atoms with Gasteiger partial charge in [-0.3, -0.25) is 4.99 Å². The van der Waals surface area contributed by atoms with Crippen LogP contribution < -0.4 is 16.3 Å². The van der Waals surface area contributed by atoms with Crippen molar-refractivity contribution in [3.8, 4) is 0 Å². The molecule has 0 aromatic heterocycles. The quantitative estimate of drug-likeness (QED) is 0.821. The average Bonchev–Trinajstić information content (AvgIpc) is 2.46. The molecule has 1 aliphatic heterocycles. The summed E-state index contributed by atoms with van der Waals surface area (Å²) in [7, 11) is 1.78. The SMILES string of the molecule is CN1C=c2cccc(N)c2=NC1c1cccc(C(F)(F)F)c1. The van der Waals surface area contributed by atoms with Crippen LogP contribution in [0.3, 0.4) is 0 Å². The van der Waals surface area contributed by atoms with Crippen LogP contribution in [-0.2, 0) is 6.18 Å². The maximum atomic E-state index is 12.9. The second kappa shape index (κ2) is 5.05. The van der Waals surface area contributed by atoms with Crippen LogP contribution in [0.1, 0.15) is 17.3 Å². The Morgan fingerprint density at radius 2 is 1.86 bits per heavy atom. The van der Waals surface area contributed by atoms with Gasteiger partial charge in [0.15, 0.2) is 0 Å². The molecule has 1 heterocycles. The topological polar surface area (TPSA) is 41.6 Å². The van der Waals surface area contributed by atoms with E-state index in [2.05, 4.69) is 4.99 Å². The third kappa shape index (κ3) is 2.52. The number of anilines is 1. The lowest BCUT2D eigenvalue weighted by Gasteiger charge is -2.27. The Bertz CT molecular complexity index is 827. The molecule has 1 unspecified atom stereocenters. The molecule has 1 atom stereocenters. The molecule has 0 saturated carbocycles. The molecule has 3 rings (SSSR count). The standard InChI is InChI=1S/C16H14F3N3/c1-22-9-11-5-3-7-13(20)14(11)21-15(22)10-4-2-6-12(8-10)16(17,18)19/h2-9,15H,20H2,1H3. The zero-order valence-corrected chi connectivity index (χ0v) is 11.8. The summed E-state index contributed by atoms with van der Waals surface area (Å²) >= 11 is 0. The van der Waals surface area contributed by atoms with E-state index in [1.807, 2.05) is 18.3 Å². The first-order valence-corrected chi connectivity index (χ1v) is 6.69. The number of hydrogen-bond acceptors (Lipinski definition) is 3. The van der Waals surface area contributed by atoms with E-state index < -0.39 is 17.9 Å². The Kier molecular flexibility index (Phi) is 3.31. The monoisotopic (exact) mass is 305 g/mol. The van der Waals surface area contributed by atoms with E-state index in [-0.39, 0.29) is 0 Å². The smallest absolute Gasteiger partial charge is 0.397 e. The molecule has 2 aromatic carbocycles. The Morgan fingerprint density at radius 1 is 1.14 bits per heavy atom. The van der Waals surface area contributed by atoms with Crippen molar-refractivity contribution >= 4 is 11.9 Å². The second-order valence-corrected chi connectivity index (χ2v) is 5.21. The first-order chi connectivity index (χ1) is 10.4. The van der Waals surface area contributed by atoms with E-state index in [0.29, 0.717) is 16.6 Å². The van der Waals surface area contributed by atoms with Gasteiger partial charge in [-0.05, 0) is 23.8 Å². The van der Waals surface area contributed by atoms with Gasteiger partial charge >= 0.3 is 6.18 Å². The lowest BCUT2D eigenvalue weighted by molar-refractivity contribution is -0.137. The summed E-state index contributed by atoms with van der Waals surface area (Å²) in [5, 5.41) is 1.47. The summed E-state index contributed by atoms with van der Waals surface area (Å²) in [5.74, 6) is 0. The van der Waals surface area contributed by atoms with Crippen molar-refractivity contribution in [1.29, 1.82) is 0 Å². The van der Waals surface area contributed by atoms with Gasteiger partial charge in [-0.25, -0.2) is 0 Å². The van der Waals surface area contributed by atoms with E-state index in [0.717, 1.165) is 17.4 Å². The number of alkyl halides is 3. The Labute approximate surface area is 125 Å². The van der Waals surface area contributed by atoms with Gasteiger partial charge in [0.1, 0.15) is 6.17 Å². The van der Waals surface area contributed by atoms with Gasteiger partial charge in [0.05, 0.1) is 16.6 Å². The molecule has 0 radical (unpaired) electrons. The van der Waals surface area contributed by atoms with Crippen molar-refractivity contribution in [2.75, 3.05) is 12.8 Å². The van der Waals surface area contributed by atoms with Gasteiger partial charge in [-0.1, -0.05) is 24.3 Å². The van der Waals surface area contributed by atoms with Gasteiger partial charge in [-0.15, -0.1) is 0 Å². The number of nitrogen functional groups attached to an aromatic ring is 1. The van der Waals surface area contributed by atoms with Crippen molar-refractivity contribution in [3.63, 3.8) is 0 Å². The molecule has 0 spiro atoms. The van der Waals surface area contributed by atoms with Crippen molar-refractivity contribution in [1.82, 2.24) is 4.90 Å². The number of para-hydroxylation sites is 1. The van der Waals surface area contributed by atoms with Gasteiger partial charge in [0, 0.05) is 18.5 Å². The number of benzene rings is 2. The summed E-state index contributed by atoms with van der Waals surface area (Å²) < 4.78 is 38.6. The van der Waals surface area contributed by atoms with E-state index in [1.165, 1.54) is 6.07 Å². The molecule has 1 aliphatic rings. The number of fused-ring (bicyclic) bond motifs is 1. The molecule has 22 heavy (non-hydrogen) atoms. The molecule has 114 valence electrons. The van der Waals surface area contributed by atoms with E-state index in [1.54, 1.807) is 24.1 Å². The maximum Gasteiger partial charge on any atom is 0.416 e. The zero-order valence-electron chi connectivity index (χ0n) is 11.8. The van der Waals surface area contributed by atoms with Crippen LogP contribution in [0.5, 0.6) is 0 Å². The van der Waals surface area contributed by atoms with Gasteiger partial charge in [0.2, 0.25) is 0 Å². The predicted octanol–water partition coefficient (Wildman–Crippen LogP) is 2.29. The fourth-order valence-electron chi connectivity index (χ4n) is 2.52. The third-order valence-electron chi connectivity index (χ3n) is 3.59. The van der Waals surface area contributed by atoms with Crippen LogP contribution in [-0.4, -0.2) is 11.9 Å². The molecule has 6 heteroatoms.